The number of hydrogen-bond donors (Lipinski definition) is 0. The summed E-state index contributed by atoms with van der Waals surface area (Å²) in [6, 6.07) is 10.7. The van der Waals surface area contributed by atoms with E-state index in [9.17, 15) is 0 Å². The van der Waals surface area contributed by atoms with Gasteiger partial charge in [-0.05, 0) is 24.9 Å². The lowest BCUT2D eigenvalue weighted by molar-refractivity contribution is 0.226. The topological polar surface area (TPSA) is 60.0 Å². The van der Waals surface area contributed by atoms with E-state index in [1.165, 1.54) is 5.56 Å². The second kappa shape index (κ2) is 7.19. The molecule has 1 aliphatic heterocycles. The number of aryl methyl sites for hydroxylation is 1. The van der Waals surface area contributed by atoms with Gasteiger partial charge in [-0.2, -0.15) is 4.98 Å². The van der Waals surface area contributed by atoms with Crippen molar-refractivity contribution in [1.29, 1.82) is 0 Å². The van der Waals surface area contributed by atoms with E-state index in [2.05, 4.69) is 55.1 Å². The number of likely N-dealkylation sites (tertiary alicyclic amines) is 1. The first-order valence-corrected chi connectivity index (χ1v) is 8.94. The Kier molecular flexibility index (Phi) is 4.61. The first kappa shape index (κ1) is 16.0. The lowest BCUT2D eigenvalue weighted by atomic mass is 10.2. The van der Waals surface area contributed by atoms with E-state index in [1.54, 1.807) is 0 Å². The Morgan fingerprint density at radius 3 is 2.88 bits per heavy atom. The van der Waals surface area contributed by atoms with Crippen LogP contribution in [0, 0.1) is 0 Å². The van der Waals surface area contributed by atoms with Gasteiger partial charge in [-0.25, -0.2) is 4.98 Å². The largest absolute Gasteiger partial charge is 0.339 e. The Morgan fingerprint density at radius 1 is 1.20 bits per heavy atom. The van der Waals surface area contributed by atoms with Crippen molar-refractivity contribution in [3.63, 3.8) is 0 Å². The molecule has 0 radical (unpaired) electrons. The van der Waals surface area contributed by atoms with Gasteiger partial charge in [0.15, 0.2) is 5.82 Å². The fraction of sp³-hybridized carbons (Fsp3) is 0.421. The molecular formula is C19H23N5O. The van der Waals surface area contributed by atoms with Gasteiger partial charge in [0.2, 0.25) is 5.89 Å². The van der Waals surface area contributed by atoms with Gasteiger partial charge < -0.3 is 9.09 Å². The highest BCUT2D eigenvalue weighted by atomic mass is 16.5. The molecule has 6 heteroatoms. The van der Waals surface area contributed by atoms with Crippen molar-refractivity contribution in [2.24, 2.45) is 0 Å². The van der Waals surface area contributed by atoms with Gasteiger partial charge in [0, 0.05) is 25.4 Å². The molecule has 0 saturated carbocycles. The van der Waals surface area contributed by atoms with E-state index in [0.29, 0.717) is 5.89 Å². The Hall–Kier alpha value is -2.47. The number of hydrogen-bond acceptors (Lipinski definition) is 5. The third-order valence-electron chi connectivity index (χ3n) is 4.79. The molecule has 0 bridgehead atoms. The summed E-state index contributed by atoms with van der Waals surface area (Å²) in [6.45, 7) is 4.72. The van der Waals surface area contributed by atoms with Crippen LogP contribution in [0.1, 0.15) is 48.9 Å². The zero-order chi connectivity index (χ0) is 17.1. The molecule has 130 valence electrons. The first-order valence-electron chi connectivity index (χ1n) is 8.94. The molecule has 0 spiro atoms. The van der Waals surface area contributed by atoms with E-state index >= 15 is 0 Å². The average Bonchev–Trinajstić information content (AvgIpc) is 3.37. The molecule has 0 aliphatic carbocycles. The summed E-state index contributed by atoms with van der Waals surface area (Å²) in [5.74, 6) is 2.61. The maximum atomic E-state index is 5.30. The molecule has 25 heavy (non-hydrogen) atoms. The predicted octanol–water partition coefficient (Wildman–Crippen LogP) is 3.21. The smallest absolute Gasteiger partial charge is 0.226 e. The molecule has 1 saturated heterocycles. The highest BCUT2D eigenvalue weighted by molar-refractivity contribution is 5.16. The molecule has 4 rings (SSSR count). The van der Waals surface area contributed by atoms with Crippen molar-refractivity contribution in [3.8, 4) is 0 Å². The van der Waals surface area contributed by atoms with Gasteiger partial charge in [0.25, 0.3) is 0 Å². The number of rotatable bonds is 6. The summed E-state index contributed by atoms with van der Waals surface area (Å²) in [5.41, 5.74) is 1.28. The van der Waals surface area contributed by atoms with Crippen LogP contribution in [0.25, 0.3) is 0 Å². The van der Waals surface area contributed by atoms with Crippen molar-refractivity contribution in [1.82, 2.24) is 24.6 Å². The number of benzene rings is 1. The van der Waals surface area contributed by atoms with Crippen molar-refractivity contribution in [3.05, 3.63) is 65.8 Å². The third kappa shape index (κ3) is 3.49. The van der Waals surface area contributed by atoms with Crippen LogP contribution in [0.2, 0.25) is 0 Å². The van der Waals surface area contributed by atoms with E-state index in [1.807, 2.05) is 19.2 Å². The standard InChI is InChI=1S/C19H23N5O/c1-2-18-21-19(22-25-18)16-9-6-11-23(16)14-17-20-10-12-24(17)13-15-7-4-3-5-8-15/h3-5,7-8,10,12,16H,2,6,9,11,13-14H2,1H3/t16-/m1/s1. The van der Waals surface area contributed by atoms with Crippen LogP contribution in [-0.2, 0) is 19.5 Å². The molecule has 0 unspecified atom stereocenters. The first-order chi connectivity index (χ1) is 12.3. The second-order valence-corrected chi connectivity index (χ2v) is 6.49. The van der Waals surface area contributed by atoms with Gasteiger partial charge in [-0.1, -0.05) is 42.4 Å². The Morgan fingerprint density at radius 2 is 2.08 bits per heavy atom. The molecule has 3 heterocycles. The monoisotopic (exact) mass is 337 g/mol. The highest BCUT2D eigenvalue weighted by Gasteiger charge is 2.30. The third-order valence-corrected chi connectivity index (χ3v) is 4.79. The normalized spacial score (nSPS) is 18.0. The van der Waals surface area contributed by atoms with Gasteiger partial charge in [-0.15, -0.1) is 0 Å². The Labute approximate surface area is 147 Å². The summed E-state index contributed by atoms with van der Waals surface area (Å²) in [7, 11) is 0. The summed E-state index contributed by atoms with van der Waals surface area (Å²) < 4.78 is 7.52. The fourth-order valence-electron chi connectivity index (χ4n) is 3.45. The quantitative estimate of drug-likeness (QED) is 0.691. The Bertz CT molecular complexity index is 810. The average molecular weight is 337 g/mol. The molecule has 1 atom stereocenters. The molecular weight excluding hydrogens is 314 g/mol. The number of nitrogens with zero attached hydrogens (tertiary/aromatic N) is 5. The van der Waals surface area contributed by atoms with Crippen LogP contribution in [0.15, 0.2) is 47.2 Å². The maximum Gasteiger partial charge on any atom is 0.226 e. The molecule has 2 aromatic heterocycles. The van der Waals surface area contributed by atoms with Crippen molar-refractivity contribution in [2.45, 2.75) is 45.3 Å². The molecule has 1 aliphatic rings. The second-order valence-electron chi connectivity index (χ2n) is 6.49. The van der Waals surface area contributed by atoms with Crippen LogP contribution >= 0.6 is 0 Å². The number of aromatic nitrogens is 4. The van der Waals surface area contributed by atoms with Gasteiger partial charge in [0.05, 0.1) is 12.6 Å². The van der Waals surface area contributed by atoms with Crippen molar-refractivity contribution >= 4 is 0 Å². The SMILES string of the molecule is CCc1nc([C@H]2CCCN2Cc2nccn2Cc2ccccc2)no1. The predicted molar refractivity (Wildman–Crippen MR) is 93.8 cm³/mol. The lowest BCUT2D eigenvalue weighted by Gasteiger charge is -2.22. The highest BCUT2D eigenvalue weighted by Crippen LogP contribution is 2.31. The molecule has 6 nitrogen and oxygen atoms in total. The molecule has 0 amide bonds. The van der Waals surface area contributed by atoms with E-state index < -0.39 is 0 Å². The minimum absolute atomic E-state index is 0.228. The summed E-state index contributed by atoms with van der Waals surface area (Å²) in [5, 5.41) is 4.18. The lowest BCUT2D eigenvalue weighted by Crippen LogP contribution is -2.25. The van der Waals surface area contributed by atoms with E-state index in [-0.39, 0.29) is 6.04 Å². The van der Waals surface area contributed by atoms with Gasteiger partial charge in [-0.3, -0.25) is 4.90 Å². The van der Waals surface area contributed by atoms with Crippen LogP contribution in [0.5, 0.6) is 0 Å². The zero-order valence-electron chi connectivity index (χ0n) is 14.5. The fourth-order valence-corrected chi connectivity index (χ4v) is 3.45. The summed E-state index contributed by atoms with van der Waals surface area (Å²) in [6.07, 6.45) is 6.94. The zero-order valence-corrected chi connectivity index (χ0v) is 14.5. The summed E-state index contributed by atoms with van der Waals surface area (Å²) >= 11 is 0. The Balaban J connectivity index is 1.49. The van der Waals surface area contributed by atoms with Crippen LogP contribution in [-0.4, -0.2) is 31.1 Å². The van der Waals surface area contributed by atoms with Crippen molar-refractivity contribution < 1.29 is 4.52 Å². The minimum atomic E-state index is 0.228. The molecule has 3 aromatic rings. The van der Waals surface area contributed by atoms with E-state index in [4.69, 9.17) is 4.52 Å². The van der Waals surface area contributed by atoms with E-state index in [0.717, 1.165) is 50.5 Å². The minimum Gasteiger partial charge on any atom is -0.339 e. The van der Waals surface area contributed by atoms with Crippen LogP contribution in [0.3, 0.4) is 0 Å². The van der Waals surface area contributed by atoms with Gasteiger partial charge >= 0.3 is 0 Å². The molecule has 1 aromatic carbocycles. The van der Waals surface area contributed by atoms with Crippen LogP contribution < -0.4 is 0 Å². The maximum absolute atomic E-state index is 5.30. The van der Waals surface area contributed by atoms with Crippen molar-refractivity contribution in [2.75, 3.05) is 6.54 Å². The molecule has 1 fully saturated rings. The summed E-state index contributed by atoms with van der Waals surface area (Å²) in [4.78, 5) is 11.5. The van der Waals surface area contributed by atoms with Gasteiger partial charge in [0.1, 0.15) is 5.82 Å². The van der Waals surface area contributed by atoms with Crippen LogP contribution in [0.4, 0.5) is 0 Å². The number of imidazole rings is 1. The molecule has 0 N–H and O–H groups in total.